The van der Waals surface area contributed by atoms with Crippen LogP contribution in [0.4, 0.5) is 4.79 Å². The summed E-state index contributed by atoms with van der Waals surface area (Å²) in [6.07, 6.45) is 0.951. The van der Waals surface area contributed by atoms with E-state index in [4.69, 9.17) is 4.74 Å². The van der Waals surface area contributed by atoms with Crippen molar-refractivity contribution < 1.29 is 9.53 Å². The van der Waals surface area contributed by atoms with E-state index in [1.54, 1.807) is 0 Å². The third-order valence-electron chi connectivity index (χ3n) is 5.19. The molecule has 0 radical (unpaired) electrons. The van der Waals surface area contributed by atoms with Crippen LogP contribution in [0.3, 0.4) is 0 Å². The number of carbonyl (C=O) groups is 1. The SMILES string of the molecule is CC1(C)CC(C)(C)N(C(=O)N2CCOCC2)Cc2ccccc21. The Bertz CT molecular complexity index is 589. The molecule has 0 aliphatic carbocycles. The van der Waals surface area contributed by atoms with Crippen LogP contribution >= 0.6 is 0 Å². The molecule has 0 unspecified atom stereocenters. The van der Waals surface area contributed by atoms with Crippen LogP contribution in [-0.4, -0.2) is 47.7 Å². The molecule has 2 aliphatic heterocycles. The largest absolute Gasteiger partial charge is 0.378 e. The van der Waals surface area contributed by atoms with Gasteiger partial charge in [-0.3, -0.25) is 0 Å². The van der Waals surface area contributed by atoms with Gasteiger partial charge in [0.1, 0.15) is 0 Å². The smallest absolute Gasteiger partial charge is 0.320 e. The molecule has 1 saturated heterocycles. The highest BCUT2D eigenvalue weighted by molar-refractivity contribution is 5.75. The van der Waals surface area contributed by atoms with Crippen molar-refractivity contribution in [3.8, 4) is 0 Å². The molecule has 0 bridgehead atoms. The van der Waals surface area contributed by atoms with Gasteiger partial charge in [-0.15, -0.1) is 0 Å². The summed E-state index contributed by atoms with van der Waals surface area (Å²) in [7, 11) is 0. The number of hydrogen-bond acceptors (Lipinski definition) is 2. The van der Waals surface area contributed by atoms with E-state index in [1.807, 2.05) is 4.90 Å². The van der Waals surface area contributed by atoms with E-state index < -0.39 is 0 Å². The second kappa shape index (κ2) is 5.82. The maximum atomic E-state index is 13.1. The van der Waals surface area contributed by atoms with E-state index >= 15 is 0 Å². The van der Waals surface area contributed by atoms with Crippen LogP contribution in [0.25, 0.3) is 0 Å². The quantitative estimate of drug-likeness (QED) is 0.735. The summed E-state index contributed by atoms with van der Waals surface area (Å²) in [6.45, 7) is 12.3. The lowest BCUT2D eigenvalue weighted by Gasteiger charge is -2.43. The fraction of sp³-hybridized carbons (Fsp3) is 0.632. The average molecular weight is 316 g/mol. The third kappa shape index (κ3) is 3.09. The van der Waals surface area contributed by atoms with Gasteiger partial charge in [0, 0.05) is 25.2 Å². The van der Waals surface area contributed by atoms with Crippen LogP contribution in [-0.2, 0) is 16.7 Å². The van der Waals surface area contributed by atoms with Crippen LogP contribution in [0.15, 0.2) is 24.3 Å². The number of rotatable bonds is 0. The third-order valence-corrected chi connectivity index (χ3v) is 5.19. The highest BCUT2D eigenvalue weighted by atomic mass is 16.5. The zero-order valence-electron chi connectivity index (χ0n) is 14.8. The summed E-state index contributed by atoms with van der Waals surface area (Å²) in [5, 5.41) is 0. The Kier molecular flexibility index (Phi) is 4.13. The first-order valence-electron chi connectivity index (χ1n) is 8.54. The molecule has 1 aromatic carbocycles. The second-order valence-corrected chi connectivity index (χ2v) is 8.00. The monoisotopic (exact) mass is 316 g/mol. The number of benzene rings is 1. The first-order chi connectivity index (χ1) is 10.8. The first kappa shape index (κ1) is 16.3. The van der Waals surface area contributed by atoms with Crippen molar-refractivity contribution in [3.05, 3.63) is 35.4 Å². The fourth-order valence-corrected chi connectivity index (χ4v) is 4.23. The summed E-state index contributed by atoms with van der Waals surface area (Å²) >= 11 is 0. The van der Waals surface area contributed by atoms with Gasteiger partial charge in [0.25, 0.3) is 0 Å². The van der Waals surface area contributed by atoms with Crippen molar-refractivity contribution in [3.63, 3.8) is 0 Å². The van der Waals surface area contributed by atoms with E-state index in [0.29, 0.717) is 32.8 Å². The number of carbonyl (C=O) groups excluding carboxylic acids is 1. The Morgan fingerprint density at radius 2 is 1.74 bits per heavy atom. The summed E-state index contributed by atoms with van der Waals surface area (Å²) in [6, 6.07) is 8.70. The summed E-state index contributed by atoms with van der Waals surface area (Å²) < 4.78 is 5.39. The molecule has 0 aromatic heterocycles. The molecule has 2 aliphatic rings. The van der Waals surface area contributed by atoms with Crippen molar-refractivity contribution in [2.45, 2.75) is 51.6 Å². The van der Waals surface area contributed by atoms with Crippen LogP contribution in [0.1, 0.15) is 45.2 Å². The molecule has 3 rings (SSSR count). The number of fused-ring (bicyclic) bond motifs is 1. The van der Waals surface area contributed by atoms with E-state index in [9.17, 15) is 4.79 Å². The Balaban J connectivity index is 1.95. The minimum Gasteiger partial charge on any atom is -0.378 e. The summed E-state index contributed by atoms with van der Waals surface area (Å²) in [5.74, 6) is 0. The van der Waals surface area contributed by atoms with Crippen LogP contribution < -0.4 is 0 Å². The lowest BCUT2D eigenvalue weighted by molar-refractivity contribution is 0.0275. The van der Waals surface area contributed by atoms with Gasteiger partial charge in [0.2, 0.25) is 0 Å². The van der Waals surface area contributed by atoms with Crippen molar-refractivity contribution in [2.24, 2.45) is 0 Å². The molecule has 0 spiro atoms. The highest BCUT2D eigenvalue weighted by Gasteiger charge is 2.42. The Morgan fingerprint density at radius 1 is 1.09 bits per heavy atom. The maximum Gasteiger partial charge on any atom is 0.320 e. The van der Waals surface area contributed by atoms with Crippen molar-refractivity contribution >= 4 is 6.03 Å². The molecule has 1 fully saturated rings. The molecule has 23 heavy (non-hydrogen) atoms. The van der Waals surface area contributed by atoms with Crippen molar-refractivity contribution in [2.75, 3.05) is 26.3 Å². The lowest BCUT2D eigenvalue weighted by atomic mass is 9.75. The zero-order chi connectivity index (χ0) is 16.7. The fourth-order valence-electron chi connectivity index (χ4n) is 4.23. The first-order valence-corrected chi connectivity index (χ1v) is 8.54. The van der Waals surface area contributed by atoms with Gasteiger partial charge in [-0.1, -0.05) is 38.1 Å². The summed E-state index contributed by atoms with van der Waals surface area (Å²) in [4.78, 5) is 17.1. The molecule has 1 aromatic rings. The number of morpholine rings is 1. The summed E-state index contributed by atoms with van der Waals surface area (Å²) in [5.41, 5.74) is 2.51. The highest BCUT2D eigenvalue weighted by Crippen LogP contribution is 2.41. The van der Waals surface area contributed by atoms with Gasteiger partial charge in [0.05, 0.1) is 13.2 Å². The standard InChI is InChI=1S/C19H28N2O2/c1-18(2)14-19(3,4)21(13-15-7-5-6-8-16(15)18)17(22)20-9-11-23-12-10-20/h5-8H,9-14H2,1-4H3. The zero-order valence-corrected chi connectivity index (χ0v) is 14.8. The predicted octanol–water partition coefficient (Wildman–Crippen LogP) is 3.40. The Hall–Kier alpha value is -1.55. The molecule has 0 atom stereocenters. The molecular formula is C19H28N2O2. The van der Waals surface area contributed by atoms with Gasteiger partial charge in [-0.05, 0) is 36.8 Å². The maximum absolute atomic E-state index is 13.1. The second-order valence-electron chi connectivity index (χ2n) is 8.00. The molecule has 126 valence electrons. The number of hydrogen-bond donors (Lipinski definition) is 0. The van der Waals surface area contributed by atoms with E-state index in [1.165, 1.54) is 11.1 Å². The van der Waals surface area contributed by atoms with Gasteiger partial charge in [-0.25, -0.2) is 4.79 Å². The van der Waals surface area contributed by atoms with Crippen LogP contribution in [0, 0.1) is 0 Å². The molecule has 4 nitrogen and oxygen atoms in total. The van der Waals surface area contributed by atoms with Crippen molar-refractivity contribution in [1.29, 1.82) is 0 Å². The van der Waals surface area contributed by atoms with Crippen molar-refractivity contribution in [1.82, 2.24) is 9.80 Å². The van der Waals surface area contributed by atoms with E-state index in [-0.39, 0.29) is 17.0 Å². The van der Waals surface area contributed by atoms with E-state index in [2.05, 4.69) is 56.9 Å². The molecule has 2 amide bonds. The van der Waals surface area contributed by atoms with Crippen LogP contribution in [0.5, 0.6) is 0 Å². The van der Waals surface area contributed by atoms with Gasteiger partial charge in [-0.2, -0.15) is 0 Å². The molecular weight excluding hydrogens is 288 g/mol. The number of ether oxygens (including phenoxy) is 1. The molecule has 0 saturated carbocycles. The minimum atomic E-state index is -0.183. The van der Waals surface area contributed by atoms with E-state index in [0.717, 1.165) is 6.42 Å². The van der Waals surface area contributed by atoms with Gasteiger partial charge < -0.3 is 14.5 Å². The number of nitrogens with zero attached hydrogens (tertiary/aromatic N) is 2. The molecule has 4 heteroatoms. The predicted molar refractivity (Wildman–Crippen MR) is 91.5 cm³/mol. The normalized spacial score (nSPS) is 23.1. The molecule has 0 N–H and O–H groups in total. The van der Waals surface area contributed by atoms with Crippen LogP contribution in [0.2, 0.25) is 0 Å². The number of amides is 2. The Morgan fingerprint density at radius 3 is 2.43 bits per heavy atom. The van der Waals surface area contributed by atoms with Gasteiger partial charge in [0.15, 0.2) is 0 Å². The minimum absolute atomic E-state index is 0.0557. The average Bonchev–Trinajstić information content (AvgIpc) is 2.59. The molecule has 2 heterocycles. The topological polar surface area (TPSA) is 32.8 Å². The Labute approximate surface area is 139 Å². The van der Waals surface area contributed by atoms with Gasteiger partial charge >= 0.3 is 6.03 Å². The number of urea groups is 1. The lowest BCUT2D eigenvalue weighted by Crippen LogP contribution is -2.55.